The molecule has 0 radical (unpaired) electrons. The fourth-order valence-corrected chi connectivity index (χ4v) is 3.47. The summed E-state index contributed by atoms with van der Waals surface area (Å²) in [5, 5.41) is 0. The second-order valence-electron chi connectivity index (χ2n) is 4.81. The second-order valence-corrected chi connectivity index (χ2v) is 6.76. The van der Waals surface area contributed by atoms with Crippen molar-refractivity contribution in [3.8, 4) is 0 Å². The molecule has 1 unspecified atom stereocenters. The molecule has 0 aromatic heterocycles. The number of allylic oxidation sites excluding steroid dienone is 2. The van der Waals surface area contributed by atoms with E-state index >= 15 is 0 Å². The number of carbonyl (C=O) groups excluding carboxylic acids is 1. The maximum absolute atomic E-state index is 12.8. The quantitative estimate of drug-likeness (QED) is 0.371. The average Bonchev–Trinajstić information content (AvgIpc) is 2.48. The van der Waals surface area contributed by atoms with Crippen LogP contribution in [0.4, 0.5) is 0 Å². The lowest BCUT2D eigenvalue weighted by atomic mass is 10.0. The molecule has 0 N–H and O–H groups in total. The monoisotopic (exact) mass is 316 g/mol. The molecule has 0 aliphatic heterocycles. The zero-order valence-corrected chi connectivity index (χ0v) is 14.6. The number of hydrogen-bond acceptors (Lipinski definition) is 4. The van der Waals surface area contributed by atoms with Gasteiger partial charge in [0.25, 0.3) is 0 Å². The summed E-state index contributed by atoms with van der Waals surface area (Å²) in [4.78, 5) is 12.5. The molecule has 1 atom stereocenters. The van der Waals surface area contributed by atoms with Gasteiger partial charge < -0.3 is 0 Å². The van der Waals surface area contributed by atoms with E-state index in [1.807, 2.05) is 20.8 Å². The van der Waals surface area contributed by atoms with Crippen molar-refractivity contribution in [2.45, 2.75) is 53.4 Å². The Morgan fingerprint density at radius 2 is 1.62 bits per heavy atom. The predicted octanol–water partition coefficient (Wildman–Crippen LogP) is 5.11. The van der Waals surface area contributed by atoms with Crippen LogP contribution in [-0.2, 0) is 18.4 Å². The zero-order chi connectivity index (χ0) is 16.1. The van der Waals surface area contributed by atoms with E-state index < -0.39 is 7.60 Å². The summed E-state index contributed by atoms with van der Waals surface area (Å²) in [6.45, 7) is 7.93. The van der Waals surface area contributed by atoms with Crippen LogP contribution < -0.4 is 0 Å². The maximum atomic E-state index is 12.8. The molecule has 4 nitrogen and oxygen atoms in total. The van der Waals surface area contributed by atoms with Crippen LogP contribution in [0.15, 0.2) is 24.3 Å². The largest absolute Gasteiger partial charge is 0.397 e. The molecule has 0 aromatic rings. The first-order valence-electron chi connectivity index (χ1n) is 7.71. The smallest absolute Gasteiger partial charge is 0.299 e. The molecule has 0 aromatic carbocycles. The first kappa shape index (κ1) is 20.3. The molecule has 0 bridgehead atoms. The van der Waals surface area contributed by atoms with Crippen molar-refractivity contribution in [2.24, 2.45) is 5.92 Å². The molecule has 5 heteroatoms. The van der Waals surface area contributed by atoms with Crippen molar-refractivity contribution in [3.63, 3.8) is 0 Å². The molecule has 0 amide bonds. The third-order valence-electron chi connectivity index (χ3n) is 3.17. The number of hydrogen-bond donors (Lipinski definition) is 0. The standard InChI is InChI=1S/C16H29O4P/c1-5-9-12-15(8-4)16(17)21(18,19-13-10-6-2)20-14-11-7-3/h6-7,10-11,15H,5,8-9,12-14H2,1-4H3. The van der Waals surface area contributed by atoms with Crippen LogP contribution in [0.1, 0.15) is 53.4 Å². The molecule has 0 saturated heterocycles. The Hall–Kier alpha value is -0.700. The third kappa shape index (κ3) is 7.75. The van der Waals surface area contributed by atoms with Gasteiger partial charge >= 0.3 is 7.60 Å². The lowest BCUT2D eigenvalue weighted by Gasteiger charge is -2.21. The van der Waals surface area contributed by atoms with E-state index in [2.05, 4.69) is 6.92 Å². The molecule has 0 rings (SSSR count). The first-order valence-corrected chi connectivity index (χ1v) is 9.25. The molecular formula is C16H29O4P. The van der Waals surface area contributed by atoms with Crippen molar-refractivity contribution in [2.75, 3.05) is 13.2 Å². The van der Waals surface area contributed by atoms with E-state index in [1.165, 1.54) is 0 Å². The normalized spacial score (nSPS) is 16.4. The van der Waals surface area contributed by atoms with Crippen LogP contribution >= 0.6 is 7.60 Å². The molecule has 0 heterocycles. The number of rotatable bonds is 12. The minimum Gasteiger partial charge on any atom is -0.299 e. The van der Waals surface area contributed by atoms with Crippen LogP contribution in [-0.4, -0.2) is 18.7 Å². The highest BCUT2D eigenvalue weighted by molar-refractivity contribution is 7.71. The van der Waals surface area contributed by atoms with E-state index in [4.69, 9.17) is 9.05 Å². The lowest BCUT2D eigenvalue weighted by Crippen LogP contribution is -2.17. The summed E-state index contributed by atoms with van der Waals surface area (Å²) in [5.74, 6) is -0.257. The Morgan fingerprint density at radius 1 is 1.10 bits per heavy atom. The Labute approximate surface area is 129 Å². The summed E-state index contributed by atoms with van der Waals surface area (Å²) >= 11 is 0. The number of unbranched alkanes of at least 4 members (excludes halogenated alkanes) is 1. The summed E-state index contributed by atoms with van der Waals surface area (Å²) in [6.07, 6.45) is 10.3. The minimum atomic E-state index is -3.72. The van der Waals surface area contributed by atoms with Gasteiger partial charge in [0.15, 0.2) is 0 Å². The lowest BCUT2D eigenvalue weighted by molar-refractivity contribution is -0.117. The summed E-state index contributed by atoms with van der Waals surface area (Å²) < 4.78 is 23.4. The van der Waals surface area contributed by atoms with E-state index in [0.717, 1.165) is 19.3 Å². The maximum Gasteiger partial charge on any atom is 0.397 e. The van der Waals surface area contributed by atoms with Gasteiger partial charge in [-0.2, -0.15) is 0 Å². The zero-order valence-electron chi connectivity index (χ0n) is 13.7. The van der Waals surface area contributed by atoms with E-state index in [-0.39, 0.29) is 24.7 Å². The topological polar surface area (TPSA) is 52.6 Å². The van der Waals surface area contributed by atoms with Crippen molar-refractivity contribution < 1.29 is 18.4 Å². The van der Waals surface area contributed by atoms with Gasteiger partial charge in [-0.1, -0.05) is 51.0 Å². The van der Waals surface area contributed by atoms with Crippen molar-refractivity contribution in [3.05, 3.63) is 24.3 Å². The average molecular weight is 316 g/mol. The fraction of sp³-hybridized carbons (Fsp3) is 0.688. The highest BCUT2D eigenvalue weighted by atomic mass is 31.2. The molecule has 0 spiro atoms. The van der Waals surface area contributed by atoms with Crippen molar-refractivity contribution in [1.29, 1.82) is 0 Å². The molecule has 0 aliphatic carbocycles. The summed E-state index contributed by atoms with van der Waals surface area (Å²) in [7, 11) is -3.72. The van der Waals surface area contributed by atoms with Crippen LogP contribution in [0, 0.1) is 5.92 Å². The Kier molecular flexibility index (Phi) is 11.5. The van der Waals surface area contributed by atoms with Crippen molar-refractivity contribution in [1.82, 2.24) is 0 Å². The van der Waals surface area contributed by atoms with E-state index in [0.29, 0.717) is 6.42 Å². The predicted molar refractivity (Wildman–Crippen MR) is 87.5 cm³/mol. The Balaban J connectivity index is 4.96. The highest BCUT2D eigenvalue weighted by Crippen LogP contribution is 2.52. The minimum absolute atomic E-state index is 0.125. The molecule has 0 saturated carbocycles. The number of carbonyl (C=O) groups is 1. The molecule has 21 heavy (non-hydrogen) atoms. The van der Waals surface area contributed by atoms with Crippen LogP contribution in [0.2, 0.25) is 0 Å². The SMILES string of the molecule is CC=CCOP(=O)(OCC=CC)C(=O)C(CC)CCCC. The van der Waals surface area contributed by atoms with Gasteiger partial charge in [-0.3, -0.25) is 18.4 Å². The first-order chi connectivity index (χ1) is 10.1. The van der Waals surface area contributed by atoms with Crippen molar-refractivity contribution >= 4 is 13.1 Å². The van der Waals surface area contributed by atoms with Gasteiger partial charge in [0.2, 0.25) is 5.52 Å². The van der Waals surface area contributed by atoms with Crippen LogP contribution in [0.25, 0.3) is 0 Å². The Morgan fingerprint density at radius 3 is 2.00 bits per heavy atom. The highest BCUT2D eigenvalue weighted by Gasteiger charge is 2.38. The third-order valence-corrected chi connectivity index (χ3v) is 5.05. The molecular weight excluding hydrogens is 287 g/mol. The van der Waals surface area contributed by atoms with Gasteiger partial charge in [-0.05, 0) is 26.7 Å². The van der Waals surface area contributed by atoms with Crippen LogP contribution in [0.3, 0.4) is 0 Å². The molecule has 0 aliphatic rings. The summed E-state index contributed by atoms with van der Waals surface area (Å²) in [5.41, 5.74) is -0.382. The Bertz CT molecular complexity index is 368. The molecule has 122 valence electrons. The van der Waals surface area contributed by atoms with Gasteiger partial charge in [-0.25, -0.2) is 0 Å². The van der Waals surface area contributed by atoms with Gasteiger partial charge in [0.1, 0.15) is 0 Å². The summed E-state index contributed by atoms with van der Waals surface area (Å²) in [6, 6.07) is 0. The van der Waals surface area contributed by atoms with E-state index in [1.54, 1.807) is 24.3 Å². The van der Waals surface area contributed by atoms with Gasteiger partial charge in [-0.15, -0.1) is 0 Å². The van der Waals surface area contributed by atoms with Gasteiger partial charge in [0.05, 0.1) is 13.2 Å². The second kappa shape index (κ2) is 11.9. The fourth-order valence-electron chi connectivity index (χ4n) is 1.82. The van der Waals surface area contributed by atoms with Gasteiger partial charge in [0, 0.05) is 5.92 Å². The molecule has 0 fully saturated rings. The van der Waals surface area contributed by atoms with Crippen LogP contribution in [0.5, 0.6) is 0 Å². The van der Waals surface area contributed by atoms with E-state index in [9.17, 15) is 9.36 Å².